The van der Waals surface area contributed by atoms with Gasteiger partial charge in [0, 0.05) is 12.6 Å². The Balaban J connectivity index is 2.07. The highest BCUT2D eigenvalue weighted by Gasteiger charge is 2.34. The summed E-state index contributed by atoms with van der Waals surface area (Å²) in [5.41, 5.74) is 2.02. The van der Waals surface area contributed by atoms with E-state index in [1.165, 1.54) is 17.0 Å². The van der Waals surface area contributed by atoms with E-state index < -0.39 is 28.5 Å². The number of carbonyl (C=O) groups is 2. The number of rotatable bonds is 12. The van der Waals surface area contributed by atoms with Gasteiger partial charge in [-0.1, -0.05) is 80.0 Å². The Morgan fingerprint density at radius 1 is 0.897 bits per heavy atom. The van der Waals surface area contributed by atoms with Crippen molar-refractivity contribution in [1.82, 2.24) is 10.2 Å². The molecular weight excluding hydrogens is 534 g/mol. The number of amides is 2. The highest BCUT2D eigenvalue weighted by atomic mass is 35.5. The summed E-state index contributed by atoms with van der Waals surface area (Å²) < 4.78 is 28.7. The Hall–Kier alpha value is -3.36. The highest BCUT2D eigenvalue weighted by molar-refractivity contribution is 7.92. The number of nitrogens with one attached hydrogen (secondary N) is 1. The van der Waals surface area contributed by atoms with Gasteiger partial charge in [0.05, 0.1) is 15.6 Å². The summed E-state index contributed by atoms with van der Waals surface area (Å²) in [4.78, 5) is 28.9. The number of nitrogens with zero attached hydrogens (tertiary/aromatic N) is 2. The summed E-state index contributed by atoms with van der Waals surface area (Å²) in [6, 6.07) is 21.2. The number of para-hydroxylation sites is 1. The van der Waals surface area contributed by atoms with Crippen LogP contribution < -0.4 is 9.62 Å². The summed E-state index contributed by atoms with van der Waals surface area (Å²) in [7, 11) is -4.16. The van der Waals surface area contributed by atoms with E-state index in [1.54, 1.807) is 42.5 Å². The predicted molar refractivity (Wildman–Crippen MR) is 156 cm³/mol. The lowest BCUT2D eigenvalue weighted by Crippen LogP contribution is -2.53. The van der Waals surface area contributed by atoms with Crippen LogP contribution in [-0.4, -0.2) is 43.8 Å². The minimum absolute atomic E-state index is 0.0322. The van der Waals surface area contributed by atoms with Crippen molar-refractivity contribution < 1.29 is 18.0 Å². The highest BCUT2D eigenvalue weighted by Crippen LogP contribution is 2.31. The average Bonchev–Trinajstić information content (AvgIpc) is 2.93. The molecule has 0 aliphatic carbocycles. The number of carbonyl (C=O) groups excluding carboxylic acids is 2. The number of halogens is 1. The van der Waals surface area contributed by atoms with E-state index in [-0.39, 0.29) is 34.1 Å². The Morgan fingerprint density at radius 3 is 2.13 bits per heavy atom. The monoisotopic (exact) mass is 569 g/mol. The van der Waals surface area contributed by atoms with Crippen molar-refractivity contribution in [3.63, 3.8) is 0 Å². The topological polar surface area (TPSA) is 86.8 Å². The molecule has 1 N–H and O–H groups in total. The number of aryl methyl sites for hydroxylation is 1. The van der Waals surface area contributed by atoms with Gasteiger partial charge in [-0.3, -0.25) is 13.9 Å². The van der Waals surface area contributed by atoms with Crippen molar-refractivity contribution in [2.75, 3.05) is 10.8 Å². The minimum atomic E-state index is -4.16. The van der Waals surface area contributed by atoms with Crippen molar-refractivity contribution in [2.24, 2.45) is 0 Å². The van der Waals surface area contributed by atoms with E-state index in [9.17, 15) is 18.0 Å². The maximum absolute atomic E-state index is 14.1. The zero-order chi connectivity index (χ0) is 28.6. The van der Waals surface area contributed by atoms with Crippen LogP contribution in [0.5, 0.6) is 0 Å². The van der Waals surface area contributed by atoms with Crippen LogP contribution >= 0.6 is 11.6 Å². The fraction of sp³-hybridized carbons (Fsp3) is 0.333. The molecule has 0 unspecified atom stereocenters. The van der Waals surface area contributed by atoms with Crippen molar-refractivity contribution >= 4 is 39.1 Å². The first kappa shape index (κ1) is 30.2. The van der Waals surface area contributed by atoms with Gasteiger partial charge in [-0.15, -0.1) is 0 Å². The minimum Gasteiger partial charge on any atom is -0.352 e. The van der Waals surface area contributed by atoms with Crippen LogP contribution in [0.1, 0.15) is 44.7 Å². The molecule has 7 nitrogen and oxygen atoms in total. The molecule has 2 atom stereocenters. The van der Waals surface area contributed by atoms with Gasteiger partial charge in [-0.25, -0.2) is 8.42 Å². The Bertz CT molecular complexity index is 1380. The van der Waals surface area contributed by atoms with Crippen molar-refractivity contribution in [3.05, 3.63) is 95.0 Å². The first-order valence-electron chi connectivity index (χ1n) is 13.1. The molecule has 208 valence electrons. The molecule has 0 saturated heterocycles. The SMILES string of the molecule is CC[C@H](C)NC(=O)[C@H](CC)N(Cc1ccccc1C)C(=O)CN(c1ccccc1Cl)S(=O)(=O)c1ccccc1. The molecule has 0 aromatic heterocycles. The van der Waals surface area contributed by atoms with Gasteiger partial charge in [0.1, 0.15) is 12.6 Å². The lowest BCUT2D eigenvalue weighted by molar-refractivity contribution is -0.140. The number of hydrogen-bond donors (Lipinski definition) is 1. The normalized spacial score (nSPS) is 12.8. The second kappa shape index (κ2) is 13.6. The molecule has 0 aliphatic rings. The third-order valence-electron chi connectivity index (χ3n) is 6.72. The van der Waals surface area contributed by atoms with Crippen LogP contribution in [0.2, 0.25) is 5.02 Å². The van der Waals surface area contributed by atoms with Crippen molar-refractivity contribution in [1.29, 1.82) is 0 Å². The van der Waals surface area contributed by atoms with Gasteiger partial charge in [-0.2, -0.15) is 0 Å². The Labute approximate surface area is 236 Å². The quantitative estimate of drug-likeness (QED) is 0.309. The van der Waals surface area contributed by atoms with Gasteiger partial charge >= 0.3 is 0 Å². The molecule has 0 bridgehead atoms. The fourth-order valence-electron chi connectivity index (χ4n) is 4.22. The zero-order valence-corrected chi connectivity index (χ0v) is 24.4. The van der Waals surface area contributed by atoms with Gasteiger partial charge < -0.3 is 10.2 Å². The Morgan fingerprint density at radius 2 is 1.51 bits per heavy atom. The van der Waals surface area contributed by atoms with E-state index >= 15 is 0 Å². The molecule has 0 heterocycles. The Kier molecular flexibility index (Phi) is 10.5. The molecule has 2 amide bonds. The fourth-order valence-corrected chi connectivity index (χ4v) is 5.96. The van der Waals surface area contributed by atoms with Gasteiger partial charge in [0.15, 0.2) is 0 Å². The van der Waals surface area contributed by atoms with Gasteiger partial charge in [0.25, 0.3) is 10.0 Å². The zero-order valence-electron chi connectivity index (χ0n) is 22.8. The van der Waals surface area contributed by atoms with E-state index in [0.29, 0.717) is 6.42 Å². The molecule has 0 radical (unpaired) electrons. The van der Waals surface area contributed by atoms with Crippen LogP contribution in [0.25, 0.3) is 0 Å². The van der Waals surface area contributed by atoms with Crippen LogP contribution in [-0.2, 0) is 26.2 Å². The van der Waals surface area contributed by atoms with Crippen molar-refractivity contribution in [3.8, 4) is 0 Å². The van der Waals surface area contributed by atoms with E-state index in [0.717, 1.165) is 21.9 Å². The van der Waals surface area contributed by atoms with Gasteiger partial charge in [0.2, 0.25) is 11.8 Å². The van der Waals surface area contributed by atoms with Crippen LogP contribution in [0.15, 0.2) is 83.8 Å². The number of benzene rings is 3. The lowest BCUT2D eigenvalue weighted by atomic mass is 10.1. The summed E-state index contributed by atoms with van der Waals surface area (Å²) in [5.74, 6) is -0.784. The maximum Gasteiger partial charge on any atom is 0.264 e. The molecule has 3 aromatic rings. The molecule has 39 heavy (non-hydrogen) atoms. The standard InChI is InChI=1S/C30H36ClN3O4S/c1-5-23(4)32-30(36)27(6-2)33(20-24-15-11-10-14-22(24)3)29(35)21-34(28-19-13-12-18-26(28)31)39(37,38)25-16-8-7-9-17-25/h7-19,23,27H,5-6,20-21H2,1-4H3,(H,32,36)/t23-,27-/m0/s1. The predicted octanol–water partition coefficient (Wildman–Crippen LogP) is 5.57. The molecule has 3 rings (SSSR count). The molecular formula is C30H36ClN3O4S. The van der Waals surface area contributed by atoms with Crippen molar-refractivity contribution in [2.45, 2.75) is 64.1 Å². The molecule has 0 saturated carbocycles. The number of sulfonamides is 1. The summed E-state index contributed by atoms with van der Waals surface area (Å²) in [5, 5.41) is 3.17. The molecule has 3 aromatic carbocycles. The third-order valence-corrected chi connectivity index (χ3v) is 8.81. The van der Waals surface area contributed by atoms with Crippen LogP contribution in [0.3, 0.4) is 0 Å². The summed E-state index contributed by atoms with van der Waals surface area (Å²) >= 11 is 6.44. The molecule has 0 fully saturated rings. The third kappa shape index (κ3) is 7.40. The van der Waals surface area contributed by atoms with Gasteiger partial charge in [-0.05, 0) is 62.1 Å². The maximum atomic E-state index is 14.1. The average molecular weight is 570 g/mol. The second-order valence-electron chi connectivity index (χ2n) is 9.47. The largest absolute Gasteiger partial charge is 0.352 e. The summed E-state index contributed by atoms with van der Waals surface area (Å²) in [6.07, 6.45) is 1.10. The molecule has 0 aliphatic heterocycles. The number of hydrogen-bond acceptors (Lipinski definition) is 4. The lowest BCUT2D eigenvalue weighted by Gasteiger charge is -2.34. The van der Waals surface area contributed by atoms with E-state index in [1.807, 2.05) is 52.0 Å². The van der Waals surface area contributed by atoms with E-state index in [4.69, 9.17) is 11.6 Å². The van der Waals surface area contributed by atoms with Crippen LogP contribution in [0, 0.1) is 6.92 Å². The molecule has 0 spiro atoms. The smallest absolute Gasteiger partial charge is 0.264 e. The van der Waals surface area contributed by atoms with E-state index in [2.05, 4.69) is 5.32 Å². The van der Waals surface area contributed by atoms with Crippen LogP contribution in [0.4, 0.5) is 5.69 Å². The first-order chi connectivity index (χ1) is 18.6. The first-order valence-corrected chi connectivity index (χ1v) is 14.9. The summed E-state index contributed by atoms with van der Waals surface area (Å²) in [6.45, 7) is 7.28. The molecule has 9 heteroatoms. The number of anilines is 1. The second-order valence-corrected chi connectivity index (χ2v) is 11.7.